The van der Waals surface area contributed by atoms with Crippen LogP contribution in [-0.4, -0.2) is 9.97 Å². The van der Waals surface area contributed by atoms with Gasteiger partial charge in [-0.2, -0.15) is 0 Å². The number of hydrogen-bond acceptors (Lipinski definition) is 3. The van der Waals surface area contributed by atoms with Gasteiger partial charge < -0.3 is 5.73 Å². The highest BCUT2D eigenvalue weighted by Gasteiger charge is 2.13. The zero-order valence-corrected chi connectivity index (χ0v) is 14.7. The van der Waals surface area contributed by atoms with Crippen LogP contribution < -0.4 is 5.73 Å². The Labute approximate surface area is 157 Å². The van der Waals surface area contributed by atoms with Crippen molar-refractivity contribution < 1.29 is 8.78 Å². The summed E-state index contributed by atoms with van der Waals surface area (Å²) in [5.74, 6) is 5.78. The molecule has 2 heterocycles. The van der Waals surface area contributed by atoms with E-state index in [-0.39, 0.29) is 17.1 Å². The number of benzene rings is 1. The highest BCUT2D eigenvalue weighted by atomic mass is 19.3. The van der Waals surface area contributed by atoms with Crippen LogP contribution in [0.15, 0.2) is 60.8 Å². The van der Waals surface area contributed by atoms with E-state index in [0.717, 1.165) is 24.1 Å². The summed E-state index contributed by atoms with van der Waals surface area (Å²) in [4.78, 5) is 8.00. The van der Waals surface area contributed by atoms with Crippen LogP contribution in [0.3, 0.4) is 0 Å². The Hall–Kier alpha value is -3.26. The largest absolute Gasteiger partial charge is 0.384 e. The van der Waals surface area contributed by atoms with Gasteiger partial charge in [0.15, 0.2) is 0 Å². The van der Waals surface area contributed by atoms with Crippen molar-refractivity contribution in [2.75, 3.05) is 5.73 Å². The molecular formula is C22H19F2N3. The van der Waals surface area contributed by atoms with Gasteiger partial charge in [-0.3, -0.25) is 4.98 Å². The van der Waals surface area contributed by atoms with Crippen LogP contribution in [0.5, 0.6) is 0 Å². The van der Waals surface area contributed by atoms with Gasteiger partial charge in [0.05, 0.1) is 5.56 Å². The number of nitrogens with zero attached hydrogens (tertiary/aromatic N) is 2. The maximum Gasteiger partial charge on any atom is 0.281 e. The van der Waals surface area contributed by atoms with Crippen LogP contribution in [-0.2, 0) is 19.3 Å². The summed E-state index contributed by atoms with van der Waals surface area (Å²) in [6.07, 6.45) is 1.38. The lowest BCUT2D eigenvalue weighted by atomic mass is 10.0. The molecular weight excluding hydrogens is 344 g/mol. The number of aromatic nitrogens is 2. The molecule has 0 amide bonds. The van der Waals surface area contributed by atoms with Crippen molar-refractivity contribution in [2.24, 2.45) is 0 Å². The van der Waals surface area contributed by atoms with Gasteiger partial charge in [-0.1, -0.05) is 42.2 Å². The first-order valence-corrected chi connectivity index (χ1v) is 8.63. The molecule has 0 aliphatic rings. The maximum atomic E-state index is 13.0. The summed E-state index contributed by atoms with van der Waals surface area (Å²) in [6.45, 7) is 0. The Morgan fingerprint density at radius 1 is 0.926 bits per heavy atom. The highest BCUT2D eigenvalue weighted by Crippen LogP contribution is 2.21. The number of aryl methyl sites for hydroxylation is 2. The van der Waals surface area contributed by atoms with E-state index in [1.165, 1.54) is 17.7 Å². The first-order valence-electron chi connectivity index (χ1n) is 8.63. The van der Waals surface area contributed by atoms with E-state index < -0.39 is 6.43 Å². The molecule has 0 fully saturated rings. The molecule has 0 saturated heterocycles. The molecule has 0 bridgehead atoms. The highest BCUT2D eigenvalue weighted by molar-refractivity contribution is 5.44. The van der Waals surface area contributed by atoms with Gasteiger partial charge in [0.2, 0.25) is 0 Å². The number of nitrogens with two attached hydrogens (primary N) is 1. The fourth-order valence-corrected chi connectivity index (χ4v) is 2.65. The molecule has 1 aromatic carbocycles. The van der Waals surface area contributed by atoms with Crippen LogP contribution in [0.2, 0.25) is 0 Å². The fraction of sp³-hybridized carbons (Fsp3) is 0.182. The molecule has 3 rings (SSSR count). The van der Waals surface area contributed by atoms with E-state index in [2.05, 4.69) is 33.9 Å². The lowest BCUT2D eigenvalue weighted by Gasteiger charge is -2.03. The zero-order valence-electron chi connectivity index (χ0n) is 14.7. The molecule has 0 aliphatic heterocycles. The minimum absolute atomic E-state index is 0.0668. The predicted octanol–water partition coefficient (Wildman–Crippen LogP) is 4.38. The number of alkyl halides is 2. The molecule has 3 aromatic rings. The first-order chi connectivity index (χ1) is 13.1. The number of nitrogen functional groups attached to an aromatic ring is 1. The van der Waals surface area contributed by atoms with Crippen molar-refractivity contribution >= 4 is 5.82 Å². The molecule has 2 aromatic heterocycles. The zero-order chi connectivity index (χ0) is 19.1. The molecule has 0 atom stereocenters. The molecule has 0 saturated carbocycles. The predicted molar refractivity (Wildman–Crippen MR) is 102 cm³/mol. The molecule has 3 nitrogen and oxygen atoms in total. The number of rotatable bonds is 5. The summed E-state index contributed by atoms with van der Waals surface area (Å²) < 4.78 is 26.0. The minimum atomic E-state index is -2.70. The molecule has 2 N–H and O–H groups in total. The second-order valence-corrected chi connectivity index (χ2v) is 6.09. The average molecular weight is 363 g/mol. The van der Waals surface area contributed by atoms with Gasteiger partial charge in [-0.25, -0.2) is 13.8 Å². The molecule has 0 aliphatic carbocycles. The first kappa shape index (κ1) is 18.5. The fourth-order valence-electron chi connectivity index (χ4n) is 2.65. The van der Waals surface area contributed by atoms with E-state index >= 15 is 0 Å². The van der Waals surface area contributed by atoms with Crippen molar-refractivity contribution in [3.8, 4) is 11.8 Å². The van der Waals surface area contributed by atoms with E-state index in [1.54, 1.807) is 6.20 Å². The van der Waals surface area contributed by atoms with Crippen LogP contribution >= 0.6 is 0 Å². The second kappa shape index (κ2) is 8.91. The third-order valence-corrected chi connectivity index (χ3v) is 4.09. The standard InChI is InChI=1S/C22H19F2N3/c23-22(24)21-18(12-14-20(25)27-21)5-3-4-16-7-9-17(10-8-16)11-13-19-6-1-2-15-26-19/h1-2,6-10,12,14-15,22H,4,11,13H2,(H2,25,27). The van der Waals surface area contributed by atoms with Crippen LogP contribution in [0, 0.1) is 11.8 Å². The lowest BCUT2D eigenvalue weighted by molar-refractivity contribution is 0.146. The quantitative estimate of drug-likeness (QED) is 0.685. The SMILES string of the molecule is Nc1ccc(C#CCc2ccc(CCc3ccccn3)cc2)c(C(F)F)n1. The van der Waals surface area contributed by atoms with Gasteiger partial charge in [-0.05, 0) is 48.2 Å². The Balaban J connectivity index is 1.61. The summed E-state index contributed by atoms with van der Waals surface area (Å²) in [5.41, 5.74) is 8.63. The second-order valence-electron chi connectivity index (χ2n) is 6.09. The van der Waals surface area contributed by atoms with E-state index in [0.29, 0.717) is 6.42 Å². The number of hydrogen-bond donors (Lipinski definition) is 1. The summed E-state index contributed by atoms with van der Waals surface area (Å²) in [7, 11) is 0. The van der Waals surface area contributed by atoms with E-state index in [1.807, 2.05) is 30.3 Å². The van der Waals surface area contributed by atoms with Gasteiger partial charge in [-0.15, -0.1) is 0 Å². The number of anilines is 1. The van der Waals surface area contributed by atoms with Crippen molar-refractivity contribution in [1.29, 1.82) is 0 Å². The van der Waals surface area contributed by atoms with Crippen molar-refractivity contribution in [3.63, 3.8) is 0 Å². The van der Waals surface area contributed by atoms with Crippen molar-refractivity contribution in [3.05, 3.63) is 88.9 Å². The maximum absolute atomic E-state index is 13.0. The number of halogens is 2. The average Bonchev–Trinajstić information content (AvgIpc) is 2.69. The Morgan fingerprint density at radius 2 is 1.70 bits per heavy atom. The van der Waals surface area contributed by atoms with Crippen molar-refractivity contribution in [2.45, 2.75) is 25.7 Å². The third kappa shape index (κ3) is 5.35. The van der Waals surface area contributed by atoms with Crippen LogP contribution in [0.1, 0.15) is 34.5 Å². The topological polar surface area (TPSA) is 51.8 Å². The molecule has 0 radical (unpaired) electrons. The monoisotopic (exact) mass is 363 g/mol. The van der Waals surface area contributed by atoms with Gasteiger partial charge in [0, 0.05) is 18.3 Å². The molecule has 0 spiro atoms. The van der Waals surface area contributed by atoms with Gasteiger partial charge in [0.1, 0.15) is 11.5 Å². The third-order valence-electron chi connectivity index (χ3n) is 4.09. The van der Waals surface area contributed by atoms with Gasteiger partial charge in [0.25, 0.3) is 6.43 Å². The summed E-state index contributed by atoms with van der Waals surface area (Å²) >= 11 is 0. The molecule has 136 valence electrons. The normalized spacial score (nSPS) is 10.5. The Bertz CT molecular complexity index is 943. The Kier molecular flexibility index (Phi) is 6.11. The Morgan fingerprint density at radius 3 is 2.41 bits per heavy atom. The van der Waals surface area contributed by atoms with Gasteiger partial charge >= 0.3 is 0 Å². The molecule has 0 unspecified atom stereocenters. The van der Waals surface area contributed by atoms with E-state index in [4.69, 9.17) is 5.73 Å². The lowest BCUT2D eigenvalue weighted by Crippen LogP contribution is -1.99. The number of pyridine rings is 2. The van der Waals surface area contributed by atoms with Crippen molar-refractivity contribution in [1.82, 2.24) is 9.97 Å². The van der Waals surface area contributed by atoms with E-state index in [9.17, 15) is 8.78 Å². The summed E-state index contributed by atoms with van der Waals surface area (Å²) in [6, 6.07) is 17.0. The molecule has 5 heteroatoms. The summed E-state index contributed by atoms with van der Waals surface area (Å²) in [5, 5.41) is 0. The molecule has 27 heavy (non-hydrogen) atoms. The van der Waals surface area contributed by atoms with Crippen LogP contribution in [0.25, 0.3) is 0 Å². The minimum Gasteiger partial charge on any atom is -0.384 e. The smallest absolute Gasteiger partial charge is 0.281 e. The van der Waals surface area contributed by atoms with Crippen LogP contribution in [0.4, 0.5) is 14.6 Å².